The second kappa shape index (κ2) is 5.07. The lowest BCUT2D eigenvalue weighted by Gasteiger charge is -2.32. The first kappa shape index (κ1) is 15.9. The molecule has 0 fully saturated rings. The van der Waals surface area contributed by atoms with Gasteiger partial charge in [-0.2, -0.15) is 0 Å². The average molecular weight is 305 g/mol. The zero-order valence-corrected chi connectivity index (χ0v) is 14.7. The highest BCUT2D eigenvalue weighted by atomic mass is 32.2. The van der Waals surface area contributed by atoms with E-state index in [-0.39, 0.29) is 5.04 Å². The van der Waals surface area contributed by atoms with E-state index in [0.717, 1.165) is 6.42 Å². The van der Waals surface area contributed by atoms with E-state index in [1.165, 1.54) is 16.9 Å². The summed E-state index contributed by atoms with van der Waals surface area (Å²) in [6, 6.07) is 1.93. The maximum atomic E-state index is 12.6. The third-order valence-electron chi connectivity index (χ3n) is 3.53. The molecule has 2 N–H and O–H groups in total. The van der Waals surface area contributed by atoms with Gasteiger partial charge in [-0.05, 0) is 41.6 Å². The molecule has 18 heavy (non-hydrogen) atoms. The summed E-state index contributed by atoms with van der Waals surface area (Å²) in [6.07, 6.45) is 0.937. The molecule has 1 rings (SSSR count). The highest BCUT2D eigenvalue weighted by Gasteiger charge is 2.37. The van der Waals surface area contributed by atoms with Crippen molar-refractivity contribution < 1.29 is 4.21 Å². The van der Waals surface area contributed by atoms with Gasteiger partial charge in [-0.1, -0.05) is 27.7 Å². The first-order valence-corrected chi connectivity index (χ1v) is 11.5. The fraction of sp³-hybridized carbons (Fsp3) is 0.667. The second-order valence-corrected chi connectivity index (χ2v) is 14.2. The Morgan fingerprint density at radius 2 is 2.00 bits per heavy atom. The molecule has 0 saturated heterocycles. The largest absolute Gasteiger partial charge is 0.261 e. The van der Waals surface area contributed by atoms with Gasteiger partial charge in [0.25, 0.3) is 0 Å². The molecule has 0 aliphatic rings. The predicted octanol–water partition coefficient (Wildman–Crippen LogP) is 4.02. The molecule has 1 atom stereocenters. The lowest BCUT2D eigenvalue weighted by Crippen LogP contribution is -2.37. The van der Waals surface area contributed by atoms with E-state index in [1.54, 1.807) is 0 Å². The third kappa shape index (κ3) is 3.43. The summed E-state index contributed by atoms with van der Waals surface area (Å²) >= 11 is 1.46. The lowest BCUT2D eigenvalue weighted by molar-refractivity contribution is 0.677. The Bertz CT molecular complexity index is 535. The molecule has 0 radical (unpaired) electrons. The molecule has 0 bridgehead atoms. The molecule has 0 saturated carbocycles. The number of rotatable bonds is 3. The average Bonchev–Trinajstić information content (AvgIpc) is 2.62. The van der Waals surface area contributed by atoms with Crippen LogP contribution in [0.25, 0.3) is 0 Å². The first-order chi connectivity index (χ1) is 7.99. The number of hydrogen-bond donors (Lipinski definition) is 1. The van der Waals surface area contributed by atoms with Crippen molar-refractivity contribution in [2.45, 2.75) is 56.5 Å². The SMILES string of the molecule is CCc1csc(S(N)(=O)=N[Si](C)(C)C(C)(C)C)c1. The Labute approximate surface area is 116 Å². The van der Waals surface area contributed by atoms with Crippen molar-refractivity contribution in [1.82, 2.24) is 0 Å². The topological polar surface area (TPSA) is 55.5 Å². The summed E-state index contributed by atoms with van der Waals surface area (Å²) in [4.78, 5) is 0. The molecule has 1 heterocycles. The van der Waals surface area contributed by atoms with Gasteiger partial charge in [0, 0.05) is 0 Å². The standard InChI is InChI=1S/C12H24N2OS2Si/c1-7-10-8-11(16-9-10)17(13,15)14-18(5,6)12(2,3)4/h8-9H,7H2,1-6H3,(H2,13,14,15). The van der Waals surface area contributed by atoms with Gasteiger partial charge in [0.1, 0.15) is 14.1 Å². The van der Waals surface area contributed by atoms with Crippen LogP contribution >= 0.6 is 11.3 Å². The van der Waals surface area contributed by atoms with Gasteiger partial charge in [0.15, 0.2) is 8.24 Å². The van der Waals surface area contributed by atoms with Crippen LogP contribution in [0.5, 0.6) is 0 Å². The molecule has 0 aromatic carbocycles. The van der Waals surface area contributed by atoms with Crippen LogP contribution in [0.15, 0.2) is 19.7 Å². The van der Waals surface area contributed by atoms with Gasteiger partial charge in [0.05, 0.1) is 0 Å². The van der Waals surface area contributed by atoms with Crippen LogP contribution in [0.1, 0.15) is 33.3 Å². The number of aryl methyl sites for hydroxylation is 1. The summed E-state index contributed by atoms with van der Waals surface area (Å²) in [7, 11) is -4.73. The monoisotopic (exact) mass is 304 g/mol. The second-order valence-electron chi connectivity index (χ2n) is 6.10. The number of nitrogens with two attached hydrogens (primary N) is 1. The van der Waals surface area contributed by atoms with Gasteiger partial charge in [-0.15, -0.1) is 11.3 Å². The van der Waals surface area contributed by atoms with Crippen molar-refractivity contribution in [1.29, 1.82) is 0 Å². The van der Waals surface area contributed by atoms with Crippen LogP contribution < -0.4 is 5.14 Å². The van der Waals surface area contributed by atoms with E-state index in [9.17, 15) is 4.21 Å². The van der Waals surface area contributed by atoms with Gasteiger partial charge < -0.3 is 0 Å². The molecule has 1 aromatic rings. The van der Waals surface area contributed by atoms with Crippen LogP contribution in [0.2, 0.25) is 18.1 Å². The van der Waals surface area contributed by atoms with E-state index in [2.05, 4.69) is 44.8 Å². The van der Waals surface area contributed by atoms with Crippen LogP contribution in [0, 0.1) is 0 Å². The quantitative estimate of drug-likeness (QED) is 0.843. The van der Waals surface area contributed by atoms with E-state index < -0.39 is 18.2 Å². The maximum Gasteiger partial charge on any atom is 0.195 e. The Kier molecular flexibility index (Phi) is 4.48. The van der Waals surface area contributed by atoms with Gasteiger partial charge in [-0.25, -0.2) is 9.35 Å². The molecule has 3 nitrogen and oxygen atoms in total. The van der Waals surface area contributed by atoms with E-state index >= 15 is 0 Å². The minimum Gasteiger partial charge on any atom is -0.261 e. The molecule has 104 valence electrons. The Morgan fingerprint density at radius 1 is 1.44 bits per heavy atom. The minimum atomic E-state index is -2.74. The molecule has 0 aliphatic carbocycles. The van der Waals surface area contributed by atoms with Gasteiger partial charge in [0.2, 0.25) is 0 Å². The Morgan fingerprint density at radius 3 is 2.39 bits per heavy atom. The molecule has 1 unspecified atom stereocenters. The van der Waals surface area contributed by atoms with E-state index in [4.69, 9.17) is 5.14 Å². The van der Waals surface area contributed by atoms with Gasteiger partial charge in [-0.3, -0.25) is 4.03 Å². The molecule has 0 amide bonds. The van der Waals surface area contributed by atoms with Crippen molar-refractivity contribution in [3.63, 3.8) is 0 Å². The van der Waals surface area contributed by atoms with Crippen LogP contribution in [-0.4, -0.2) is 12.4 Å². The Hall–Kier alpha value is -0.173. The smallest absolute Gasteiger partial charge is 0.195 e. The molecular formula is C12H24N2OS2Si. The normalized spacial score (nSPS) is 16.4. The predicted molar refractivity (Wildman–Crippen MR) is 83.9 cm³/mol. The highest BCUT2D eigenvalue weighted by molar-refractivity contribution is 7.94. The van der Waals surface area contributed by atoms with Crippen molar-refractivity contribution >= 4 is 29.5 Å². The Balaban J connectivity index is 3.25. The van der Waals surface area contributed by atoms with Crippen molar-refractivity contribution in [2.24, 2.45) is 9.17 Å². The summed E-state index contributed by atoms with van der Waals surface area (Å²) in [5.41, 5.74) is 1.18. The molecule has 1 aromatic heterocycles. The zero-order chi connectivity index (χ0) is 14.2. The fourth-order valence-electron chi connectivity index (χ4n) is 1.21. The van der Waals surface area contributed by atoms with Crippen LogP contribution in [0.3, 0.4) is 0 Å². The first-order valence-electron chi connectivity index (χ1n) is 6.13. The van der Waals surface area contributed by atoms with E-state index in [1.807, 2.05) is 11.4 Å². The van der Waals surface area contributed by atoms with Crippen molar-refractivity contribution in [3.8, 4) is 0 Å². The summed E-state index contributed by atoms with van der Waals surface area (Å²) in [5, 5.41) is 8.07. The van der Waals surface area contributed by atoms with Gasteiger partial charge >= 0.3 is 0 Å². The summed E-state index contributed by atoms with van der Waals surface area (Å²) < 4.78 is 17.9. The third-order valence-corrected chi connectivity index (χ3v) is 12.6. The molecule has 0 spiro atoms. The summed E-state index contributed by atoms with van der Waals surface area (Å²) in [6.45, 7) is 12.7. The zero-order valence-electron chi connectivity index (χ0n) is 12.1. The van der Waals surface area contributed by atoms with E-state index in [0.29, 0.717) is 4.21 Å². The number of nitrogens with zero attached hydrogens (tertiary/aromatic N) is 1. The highest BCUT2D eigenvalue weighted by Crippen LogP contribution is 2.38. The fourth-order valence-corrected chi connectivity index (χ4v) is 7.45. The maximum absolute atomic E-state index is 12.6. The number of hydrogen-bond acceptors (Lipinski definition) is 3. The molecular weight excluding hydrogens is 280 g/mol. The van der Waals surface area contributed by atoms with Crippen molar-refractivity contribution in [3.05, 3.63) is 17.0 Å². The van der Waals surface area contributed by atoms with Crippen LogP contribution in [-0.2, 0) is 16.3 Å². The van der Waals surface area contributed by atoms with Crippen molar-refractivity contribution in [2.75, 3.05) is 0 Å². The number of thiophene rings is 1. The summed E-state index contributed by atoms with van der Waals surface area (Å²) in [5.74, 6) is 0. The van der Waals surface area contributed by atoms with Crippen LogP contribution in [0.4, 0.5) is 0 Å². The molecule has 6 heteroatoms. The molecule has 0 aliphatic heterocycles. The lowest BCUT2D eigenvalue weighted by atomic mass is 10.2. The minimum absolute atomic E-state index is 0.0554.